The second-order valence-corrected chi connectivity index (χ2v) is 5.03. The van der Waals surface area contributed by atoms with Gasteiger partial charge in [-0.05, 0) is 32.0 Å². The highest BCUT2D eigenvalue weighted by atomic mass is 16.4. The van der Waals surface area contributed by atoms with Crippen molar-refractivity contribution < 1.29 is 9.21 Å². The molecule has 112 valence electrons. The Morgan fingerprint density at radius 3 is 2.73 bits per heavy atom. The van der Waals surface area contributed by atoms with E-state index in [0.717, 1.165) is 11.3 Å². The molecule has 2 aromatic heterocycles. The molecular weight excluding hydrogens is 282 g/mol. The van der Waals surface area contributed by atoms with Crippen LogP contribution < -0.4 is 5.32 Å². The fraction of sp³-hybridized carbons (Fsp3) is 0.200. The topological polar surface area (TPSA) is 85.8 Å². The summed E-state index contributed by atoms with van der Waals surface area (Å²) in [6.07, 6.45) is 0. The number of nitrogens with zero attached hydrogens (tertiary/aromatic N) is 4. The Kier molecular flexibility index (Phi) is 3.46. The maximum Gasteiger partial charge on any atom is 0.322 e. The summed E-state index contributed by atoms with van der Waals surface area (Å²) in [6, 6.07) is 9.13. The molecule has 0 unspecified atom stereocenters. The number of nitrogens with one attached hydrogen (secondary N) is 1. The first-order chi connectivity index (χ1) is 10.5. The van der Waals surface area contributed by atoms with E-state index >= 15 is 0 Å². The van der Waals surface area contributed by atoms with Gasteiger partial charge in [0.2, 0.25) is 0 Å². The van der Waals surface area contributed by atoms with Crippen LogP contribution in [0.5, 0.6) is 0 Å². The number of aromatic nitrogens is 4. The molecule has 0 radical (unpaired) electrons. The average molecular weight is 297 g/mol. The molecule has 1 aromatic carbocycles. The van der Waals surface area contributed by atoms with Crippen LogP contribution >= 0.6 is 0 Å². The third-order valence-corrected chi connectivity index (χ3v) is 3.26. The molecule has 1 N–H and O–H groups in total. The summed E-state index contributed by atoms with van der Waals surface area (Å²) in [5.74, 6) is -0.0284. The molecule has 0 spiro atoms. The predicted octanol–water partition coefficient (Wildman–Crippen LogP) is 2.34. The molecule has 22 heavy (non-hydrogen) atoms. The van der Waals surface area contributed by atoms with Gasteiger partial charge in [-0.25, -0.2) is 0 Å². The molecule has 1 amide bonds. The number of amides is 1. The molecule has 7 heteroatoms. The molecule has 0 aliphatic carbocycles. The van der Waals surface area contributed by atoms with E-state index < -0.39 is 0 Å². The normalized spacial score (nSPS) is 10.7. The molecule has 0 fully saturated rings. The molecule has 0 atom stereocenters. The van der Waals surface area contributed by atoms with Crippen molar-refractivity contribution in [3.05, 3.63) is 47.2 Å². The number of hydrogen-bond acceptors (Lipinski definition) is 5. The lowest BCUT2D eigenvalue weighted by Gasteiger charge is -2.01. The highest BCUT2D eigenvalue weighted by Crippen LogP contribution is 2.19. The van der Waals surface area contributed by atoms with Crippen LogP contribution in [0.1, 0.15) is 21.6 Å². The minimum Gasteiger partial charge on any atom is -0.401 e. The first-order valence-corrected chi connectivity index (χ1v) is 6.75. The summed E-state index contributed by atoms with van der Waals surface area (Å²) in [6.45, 7) is 3.85. The van der Waals surface area contributed by atoms with Gasteiger partial charge in [-0.1, -0.05) is 22.8 Å². The van der Waals surface area contributed by atoms with Gasteiger partial charge in [-0.3, -0.25) is 14.8 Å². The smallest absolute Gasteiger partial charge is 0.322 e. The van der Waals surface area contributed by atoms with Crippen molar-refractivity contribution in [3.8, 4) is 11.6 Å². The summed E-state index contributed by atoms with van der Waals surface area (Å²) >= 11 is 0. The van der Waals surface area contributed by atoms with Crippen LogP contribution in [0, 0.1) is 13.8 Å². The van der Waals surface area contributed by atoms with Crippen LogP contribution in [-0.2, 0) is 7.05 Å². The number of carbonyl (C=O) groups is 1. The molecule has 0 saturated heterocycles. The van der Waals surface area contributed by atoms with E-state index in [2.05, 4.69) is 20.6 Å². The molecule has 3 rings (SSSR count). The molecular formula is C15H15N5O2. The van der Waals surface area contributed by atoms with E-state index in [1.165, 1.54) is 0 Å². The van der Waals surface area contributed by atoms with E-state index in [0.29, 0.717) is 11.3 Å². The van der Waals surface area contributed by atoms with Crippen LogP contribution in [0.3, 0.4) is 0 Å². The van der Waals surface area contributed by atoms with E-state index in [4.69, 9.17) is 4.42 Å². The van der Waals surface area contributed by atoms with Crippen molar-refractivity contribution in [1.29, 1.82) is 0 Å². The summed E-state index contributed by atoms with van der Waals surface area (Å²) in [5, 5.41) is 14.6. The number of aryl methyl sites for hydroxylation is 3. The average Bonchev–Trinajstić information content (AvgIpc) is 3.06. The molecule has 0 saturated carbocycles. The van der Waals surface area contributed by atoms with Gasteiger partial charge in [-0.15, -0.1) is 5.10 Å². The Hall–Kier alpha value is -2.96. The van der Waals surface area contributed by atoms with E-state index in [-0.39, 0.29) is 17.8 Å². The summed E-state index contributed by atoms with van der Waals surface area (Å²) in [7, 11) is 1.83. The first-order valence-electron chi connectivity index (χ1n) is 6.75. The Balaban J connectivity index is 1.78. The molecule has 0 bridgehead atoms. The number of anilines is 1. The lowest BCUT2D eigenvalue weighted by atomic mass is 10.1. The van der Waals surface area contributed by atoms with Crippen LogP contribution in [-0.4, -0.2) is 25.9 Å². The van der Waals surface area contributed by atoms with Gasteiger partial charge in [0.1, 0.15) is 5.69 Å². The zero-order chi connectivity index (χ0) is 15.7. The fourth-order valence-electron chi connectivity index (χ4n) is 2.00. The summed E-state index contributed by atoms with van der Waals surface area (Å²) < 4.78 is 7.14. The largest absolute Gasteiger partial charge is 0.401 e. The number of carbonyl (C=O) groups excluding carboxylic acids is 1. The number of benzene rings is 1. The quantitative estimate of drug-likeness (QED) is 0.802. The lowest BCUT2D eigenvalue weighted by Crippen LogP contribution is -2.12. The van der Waals surface area contributed by atoms with Gasteiger partial charge >= 0.3 is 6.01 Å². The van der Waals surface area contributed by atoms with Gasteiger partial charge in [-0.2, -0.15) is 5.10 Å². The highest BCUT2D eigenvalue weighted by Gasteiger charge is 2.15. The minimum absolute atomic E-state index is 0.0461. The zero-order valence-corrected chi connectivity index (χ0v) is 12.5. The second-order valence-electron chi connectivity index (χ2n) is 5.03. The van der Waals surface area contributed by atoms with Crippen molar-refractivity contribution in [3.63, 3.8) is 0 Å². The molecule has 0 aliphatic heterocycles. The van der Waals surface area contributed by atoms with Crippen LogP contribution in [0.4, 0.5) is 6.01 Å². The maximum atomic E-state index is 12.1. The predicted molar refractivity (Wildman–Crippen MR) is 80.4 cm³/mol. The fourth-order valence-corrected chi connectivity index (χ4v) is 2.00. The van der Waals surface area contributed by atoms with E-state index in [1.54, 1.807) is 16.8 Å². The van der Waals surface area contributed by atoms with Crippen molar-refractivity contribution in [2.24, 2.45) is 7.05 Å². The number of hydrogen-bond donors (Lipinski definition) is 1. The second kappa shape index (κ2) is 5.44. The molecule has 0 aliphatic rings. The van der Waals surface area contributed by atoms with Crippen LogP contribution in [0.25, 0.3) is 11.6 Å². The van der Waals surface area contributed by atoms with Crippen LogP contribution in [0.2, 0.25) is 0 Å². The van der Waals surface area contributed by atoms with Crippen LogP contribution in [0.15, 0.2) is 34.7 Å². The maximum absolute atomic E-state index is 12.1. The molecule has 2 heterocycles. The third kappa shape index (κ3) is 2.73. The Labute approximate surface area is 127 Å². The van der Waals surface area contributed by atoms with E-state index in [9.17, 15) is 4.79 Å². The Bertz CT molecular complexity index is 815. The SMILES string of the molecule is Cc1cccc(C(=O)Nc2nnc(-c3cc(C)n(C)n3)o2)c1. The molecule has 3 aromatic rings. The summed E-state index contributed by atoms with van der Waals surface area (Å²) in [5.41, 5.74) is 3.08. The lowest BCUT2D eigenvalue weighted by molar-refractivity contribution is 0.102. The summed E-state index contributed by atoms with van der Waals surface area (Å²) in [4.78, 5) is 12.1. The van der Waals surface area contributed by atoms with Gasteiger partial charge in [0.25, 0.3) is 11.8 Å². The van der Waals surface area contributed by atoms with Gasteiger partial charge in [0.05, 0.1) is 0 Å². The van der Waals surface area contributed by atoms with Gasteiger partial charge in [0, 0.05) is 18.3 Å². The van der Waals surface area contributed by atoms with Crippen molar-refractivity contribution >= 4 is 11.9 Å². The standard InChI is InChI=1S/C15H15N5O2/c1-9-5-4-6-11(7-9)13(21)16-15-18-17-14(22-15)12-8-10(2)20(3)19-12/h4-8H,1-3H3,(H,16,18,21). The van der Waals surface area contributed by atoms with Gasteiger partial charge in [0.15, 0.2) is 0 Å². The zero-order valence-electron chi connectivity index (χ0n) is 12.5. The Morgan fingerprint density at radius 2 is 2.05 bits per heavy atom. The van der Waals surface area contributed by atoms with E-state index in [1.807, 2.05) is 39.1 Å². The van der Waals surface area contributed by atoms with Crippen molar-refractivity contribution in [2.75, 3.05) is 5.32 Å². The minimum atomic E-state index is -0.295. The number of rotatable bonds is 3. The molecule has 7 nitrogen and oxygen atoms in total. The van der Waals surface area contributed by atoms with Crippen molar-refractivity contribution in [2.45, 2.75) is 13.8 Å². The monoisotopic (exact) mass is 297 g/mol. The third-order valence-electron chi connectivity index (χ3n) is 3.26. The first kappa shape index (κ1) is 14.0. The van der Waals surface area contributed by atoms with Gasteiger partial charge < -0.3 is 4.42 Å². The van der Waals surface area contributed by atoms with Crippen molar-refractivity contribution in [1.82, 2.24) is 20.0 Å². The highest BCUT2D eigenvalue weighted by molar-refractivity contribution is 6.03. The Morgan fingerprint density at radius 1 is 1.23 bits per heavy atom.